The van der Waals surface area contributed by atoms with E-state index in [-0.39, 0.29) is 16.4 Å². The number of ether oxygens (including phenoxy) is 1. The van der Waals surface area contributed by atoms with Crippen molar-refractivity contribution in [2.75, 3.05) is 24.7 Å². The molecule has 0 aliphatic rings. The summed E-state index contributed by atoms with van der Waals surface area (Å²) >= 11 is 0.842. The summed E-state index contributed by atoms with van der Waals surface area (Å²) in [5.41, 5.74) is 5.40. The van der Waals surface area contributed by atoms with Crippen LogP contribution >= 0.6 is 11.5 Å². The van der Waals surface area contributed by atoms with Crippen LogP contribution in [0.3, 0.4) is 0 Å². The Bertz CT molecular complexity index is 356. The third-order valence-electron chi connectivity index (χ3n) is 1.52. The van der Waals surface area contributed by atoms with Crippen molar-refractivity contribution in [3.8, 4) is 0 Å². The van der Waals surface area contributed by atoms with Crippen LogP contribution in [0.1, 0.15) is 10.4 Å². The normalized spacial score (nSPS) is 10.4. The van der Waals surface area contributed by atoms with Crippen molar-refractivity contribution in [3.05, 3.63) is 5.56 Å². The van der Waals surface area contributed by atoms with E-state index in [1.807, 2.05) is 0 Å². The number of nitrogens with two attached hydrogens (primary N) is 1. The zero-order chi connectivity index (χ0) is 11.4. The Balaban J connectivity index is 2.84. The third kappa shape index (κ3) is 2.75. The van der Waals surface area contributed by atoms with Crippen LogP contribution in [0.5, 0.6) is 0 Å². The fourth-order valence-electron chi connectivity index (χ4n) is 0.892. The molecule has 84 valence electrons. The number of aromatic nitrogens is 1. The number of alkyl halides is 2. The molecular weight excluding hydrogens is 228 g/mol. The average Bonchev–Trinajstić information content (AvgIpc) is 2.55. The fraction of sp³-hybridized carbons (Fsp3) is 0.429. The lowest BCUT2D eigenvalue weighted by molar-refractivity contribution is 0.0603. The predicted octanol–water partition coefficient (Wildman–Crippen LogP) is 1.19. The van der Waals surface area contributed by atoms with Gasteiger partial charge < -0.3 is 15.8 Å². The first-order valence-corrected chi connectivity index (χ1v) is 4.69. The van der Waals surface area contributed by atoms with Gasteiger partial charge in [-0.05, 0) is 11.5 Å². The Kier molecular flexibility index (Phi) is 3.78. The van der Waals surface area contributed by atoms with Gasteiger partial charge >= 0.3 is 5.97 Å². The Morgan fingerprint density at radius 2 is 2.40 bits per heavy atom. The summed E-state index contributed by atoms with van der Waals surface area (Å²) in [6, 6.07) is 0. The number of rotatable bonds is 4. The third-order valence-corrected chi connectivity index (χ3v) is 2.34. The summed E-state index contributed by atoms with van der Waals surface area (Å²) in [6.07, 6.45) is -2.51. The van der Waals surface area contributed by atoms with Crippen LogP contribution in [0, 0.1) is 0 Å². The summed E-state index contributed by atoms with van der Waals surface area (Å²) in [5, 5.41) is 2.57. The van der Waals surface area contributed by atoms with Gasteiger partial charge in [-0.25, -0.2) is 13.6 Å². The molecule has 1 heterocycles. The molecule has 0 bridgehead atoms. The number of methoxy groups -OCH3 is 1. The fourth-order valence-corrected chi connectivity index (χ4v) is 1.60. The van der Waals surface area contributed by atoms with Crippen LogP contribution in [0.2, 0.25) is 0 Å². The van der Waals surface area contributed by atoms with E-state index in [2.05, 4.69) is 14.4 Å². The van der Waals surface area contributed by atoms with Crippen molar-refractivity contribution in [1.29, 1.82) is 0 Å². The van der Waals surface area contributed by atoms with Crippen molar-refractivity contribution in [2.24, 2.45) is 0 Å². The molecule has 0 spiro atoms. The van der Waals surface area contributed by atoms with E-state index < -0.39 is 18.9 Å². The van der Waals surface area contributed by atoms with Crippen molar-refractivity contribution in [1.82, 2.24) is 4.37 Å². The van der Waals surface area contributed by atoms with Gasteiger partial charge in [0.2, 0.25) is 0 Å². The Morgan fingerprint density at radius 1 is 1.73 bits per heavy atom. The van der Waals surface area contributed by atoms with E-state index in [0.29, 0.717) is 0 Å². The van der Waals surface area contributed by atoms with E-state index >= 15 is 0 Å². The van der Waals surface area contributed by atoms with Gasteiger partial charge in [-0.2, -0.15) is 4.37 Å². The Morgan fingerprint density at radius 3 is 2.93 bits per heavy atom. The summed E-state index contributed by atoms with van der Waals surface area (Å²) in [7, 11) is 1.18. The molecule has 3 N–H and O–H groups in total. The molecule has 0 atom stereocenters. The maximum Gasteiger partial charge on any atom is 0.344 e. The number of nitrogen functional groups attached to an aromatic ring is 1. The van der Waals surface area contributed by atoms with E-state index in [1.54, 1.807) is 0 Å². The molecule has 0 aliphatic heterocycles. The van der Waals surface area contributed by atoms with Crippen molar-refractivity contribution in [2.45, 2.75) is 6.43 Å². The lowest BCUT2D eigenvalue weighted by atomic mass is 10.3. The van der Waals surface area contributed by atoms with Crippen LogP contribution in [0.25, 0.3) is 0 Å². The topological polar surface area (TPSA) is 77.2 Å². The van der Waals surface area contributed by atoms with Gasteiger partial charge in [0.15, 0.2) is 5.82 Å². The molecule has 0 fully saturated rings. The van der Waals surface area contributed by atoms with Crippen LogP contribution < -0.4 is 11.1 Å². The molecule has 0 amide bonds. The summed E-state index contributed by atoms with van der Waals surface area (Å²) < 4.78 is 32.0. The number of carbonyl (C=O) groups is 1. The highest BCUT2D eigenvalue weighted by Crippen LogP contribution is 2.27. The maximum absolute atomic E-state index is 11.9. The second-order valence-electron chi connectivity index (χ2n) is 2.54. The van der Waals surface area contributed by atoms with E-state index in [9.17, 15) is 13.6 Å². The van der Waals surface area contributed by atoms with Gasteiger partial charge in [0.25, 0.3) is 6.43 Å². The summed E-state index contributed by atoms with van der Waals surface area (Å²) in [4.78, 5) is 11.2. The highest BCUT2D eigenvalue weighted by Gasteiger charge is 2.20. The van der Waals surface area contributed by atoms with Crippen molar-refractivity contribution >= 4 is 28.3 Å². The molecule has 1 aromatic rings. The van der Waals surface area contributed by atoms with E-state index in [4.69, 9.17) is 5.73 Å². The zero-order valence-electron chi connectivity index (χ0n) is 7.79. The molecule has 1 aromatic heterocycles. The van der Waals surface area contributed by atoms with Gasteiger partial charge in [-0.3, -0.25) is 0 Å². The molecule has 5 nitrogen and oxygen atoms in total. The van der Waals surface area contributed by atoms with Crippen LogP contribution in [-0.2, 0) is 4.74 Å². The average molecular weight is 237 g/mol. The minimum absolute atomic E-state index is 0.00292. The first-order chi connectivity index (χ1) is 7.06. The van der Waals surface area contributed by atoms with Crippen LogP contribution in [0.4, 0.5) is 19.6 Å². The van der Waals surface area contributed by atoms with Gasteiger partial charge in [-0.1, -0.05) is 0 Å². The molecule has 0 unspecified atom stereocenters. The standard InChI is InChI=1S/C7H9F2N3O2S/c1-14-7(13)4-5(10)12-15-6(4)11-2-3(8)9/h3,11H,2H2,1H3,(H2,10,12). The number of nitrogens with zero attached hydrogens (tertiary/aromatic N) is 1. The van der Waals surface area contributed by atoms with Crippen LogP contribution in [-0.4, -0.2) is 30.4 Å². The lowest BCUT2D eigenvalue weighted by Gasteiger charge is -2.04. The van der Waals surface area contributed by atoms with Gasteiger partial charge in [0.05, 0.1) is 13.7 Å². The summed E-state index contributed by atoms with van der Waals surface area (Å²) in [5.74, 6) is -0.721. The number of nitrogens with one attached hydrogen (secondary N) is 1. The number of hydrogen-bond acceptors (Lipinski definition) is 6. The molecule has 0 radical (unpaired) electrons. The molecule has 0 saturated heterocycles. The number of halogens is 2. The number of esters is 1. The monoisotopic (exact) mass is 237 g/mol. The van der Waals surface area contributed by atoms with Crippen molar-refractivity contribution < 1.29 is 18.3 Å². The highest BCUT2D eigenvalue weighted by atomic mass is 32.1. The quantitative estimate of drug-likeness (QED) is 0.769. The Hall–Kier alpha value is -1.44. The minimum atomic E-state index is -2.51. The lowest BCUT2D eigenvalue weighted by Crippen LogP contribution is -2.13. The van der Waals surface area contributed by atoms with E-state index in [0.717, 1.165) is 11.5 Å². The molecular formula is C7H9F2N3O2S. The maximum atomic E-state index is 11.9. The minimum Gasteiger partial charge on any atom is -0.465 e. The molecule has 8 heteroatoms. The van der Waals surface area contributed by atoms with Gasteiger partial charge in [-0.15, -0.1) is 0 Å². The van der Waals surface area contributed by atoms with Crippen LogP contribution in [0.15, 0.2) is 0 Å². The molecule has 0 saturated carbocycles. The van der Waals surface area contributed by atoms with E-state index in [1.165, 1.54) is 7.11 Å². The number of hydrogen-bond donors (Lipinski definition) is 2. The van der Waals surface area contributed by atoms with Gasteiger partial charge in [0.1, 0.15) is 10.6 Å². The second kappa shape index (κ2) is 4.87. The van der Waals surface area contributed by atoms with Crippen molar-refractivity contribution in [3.63, 3.8) is 0 Å². The summed E-state index contributed by atoms with van der Waals surface area (Å²) in [6.45, 7) is -0.564. The zero-order valence-corrected chi connectivity index (χ0v) is 8.61. The number of carbonyl (C=O) groups excluding carboxylic acids is 1. The highest BCUT2D eigenvalue weighted by molar-refractivity contribution is 7.11. The Labute approximate surface area is 88.4 Å². The molecule has 0 aromatic carbocycles. The molecule has 15 heavy (non-hydrogen) atoms. The molecule has 0 aliphatic carbocycles. The first kappa shape index (κ1) is 11.6. The predicted molar refractivity (Wildman–Crippen MR) is 52.4 cm³/mol. The first-order valence-electron chi connectivity index (χ1n) is 3.91. The largest absolute Gasteiger partial charge is 0.465 e. The smallest absolute Gasteiger partial charge is 0.344 e. The molecule has 1 rings (SSSR count). The SMILES string of the molecule is COC(=O)c1c(N)nsc1NCC(F)F. The second-order valence-corrected chi connectivity index (χ2v) is 3.31. The number of anilines is 2. The van der Waals surface area contributed by atoms with Gasteiger partial charge in [0, 0.05) is 0 Å².